The van der Waals surface area contributed by atoms with Gasteiger partial charge in [0.05, 0.1) is 5.01 Å². The van der Waals surface area contributed by atoms with Crippen molar-refractivity contribution in [1.82, 2.24) is 15.2 Å². The van der Waals surface area contributed by atoms with Gasteiger partial charge < -0.3 is 15.1 Å². The normalized spacial score (nSPS) is 14.9. The summed E-state index contributed by atoms with van der Waals surface area (Å²) in [4.78, 5) is 12.4. The monoisotopic (exact) mass is 567 g/mol. The van der Waals surface area contributed by atoms with Crippen LogP contribution in [0, 0.1) is 0 Å². The second kappa shape index (κ2) is 11.9. The number of halogens is 4. The van der Waals surface area contributed by atoms with Crippen molar-refractivity contribution in [3.05, 3.63) is 45.9 Å². The first-order valence-corrected chi connectivity index (χ1v) is 11.0. The van der Waals surface area contributed by atoms with Gasteiger partial charge in [0.1, 0.15) is 0 Å². The highest BCUT2D eigenvalue weighted by Crippen LogP contribution is 2.30. The van der Waals surface area contributed by atoms with Crippen molar-refractivity contribution in [2.45, 2.75) is 38.4 Å². The maximum Gasteiger partial charge on any atom is 0.434 e. The molecule has 0 saturated carbocycles. The smallest absolute Gasteiger partial charge is 0.372 e. The molecule has 0 bridgehead atoms. The molecule has 0 radical (unpaired) electrons. The molecule has 2 aromatic rings. The molecule has 2 heterocycles. The summed E-state index contributed by atoms with van der Waals surface area (Å²) in [5, 5.41) is 4.72. The van der Waals surface area contributed by atoms with Crippen LogP contribution in [0.4, 0.5) is 18.9 Å². The summed E-state index contributed by atoms with van der Waals surface area (Å²) in [7, 11) is 3.64. The maximum atomic E-state index is 12.6. The zero-order valence-corrected chi connectivity index (χ0v) is 20.9. The predicted molar refractivity (Wildman–Crippen MR) is 132 cm³/mol. The van der Waals surface area contributed by atoms with Gasteiger partial charge in [-0.1, -0.05) is 12.1 Å². The van der Waals surface area contributed by atoms with E-state index in [0.717, 1.165) is 29.8 Å². The van der Waals surface area contributed by atoms with Crippen LogP contribution >= 0.6 is 35.3 Å². The van der Waals surface area contributed by atoms with E-state index in [9.17, 15) is 13.2 Å². The summed E-state index contributed by atoms with van der Waals surface area (Å²) in [5.41, 5.74) is 1.62. The van der Waals surface area contributed by atoms with Crippen LogP contribution in [-0.4, -0.2) is 49.6 Å². The molecular formula is C21H29F3IN5S. The topological polar surface area (TPSA) is 43.8 Å². The SMILES string of the molecule is CN=C(NCCc1nc(C(F)(F)F)cs1)N(C)Cc1ccc(N2CCCCC2)cc1.I. The molecular weight excluding hydrogens is 538 g/mol. The molecule has 0 spiro atoms. The number of aliphatic imine (C=N–C) groups is 1. The van der Waals surface area contributed by atoms with Crippen molar-refractivity contribution < 1.29 is 13.2 Å². The van der Waals surface area contributed by atoms with Gasteiger partial charge in [-0.05, 0) is 37.0 Å². The minimum atomic E-state index is -4.39. The highest BCUT2D eigenvalue weighted by molar-refractivity contribution is 14.0. The number of nitrogens with zero attached hydrogens (tertiary/aromatic N) is 4. The first-order valence-electron chi connectivity index (χ1n) is 10.1. The molecule has 0 unspecified atom stereocenters. The molecule has 1 N–H and O–H groups in total. The van der Waals surface area contributed by atoms with Crippen molar-refractivity contribution in [2.75, 3.05) is 38.6 Å². The van der Waals surface area contributed by atoms with E-state index in [4.69, 9.17) is 0 Å². The fraction of sp³-hybridized carbons (Fsp3) is 0.524. The van der Waals surface area contributed by atoms with Gasteiger partial charge in [0.15, 0.2) is 11.7 Å². The van der Waals surface area contributed by atoms with E-state index in [-0.39, 0.29) is 24.0 Å². The summed E-state index contributed by atoms with van der Waals surface area (Å²) in [5.74, 6) is 0.697. The number of thiazole rings is 1. The Kier molecular flexibility index (Phi) is 9.86. The Morgan fingerprint density at radius 3 is 2.45 bits per heavy atom. The first kappa shape index (κ1) is 25.7. The van der Waals surface area contributed by atoms with Gasteiger partial charge in [-0.25, -0.2) is 4.98 Å². The Morgan fingerprint density at radius 1 is 1.19 bits per heavy atom. The lowest BCUT2D eigenvalue weighted by molar-refractivity contribution is -0.140. The molecule has 0 amide bonds. The zero-order valence-electron chi connectivity index (χ0n) is 17.8. The average molecular weight is 567 g/mol. The molecule has 3 rings (SSSR count). The van der Waals surface area contributed by atoms with Crippen molar-refractivity contribution >= 4 is 47.0 Å². The van der Waals surface area contributed by atoms with Crippen LogP contribution in [0.15, 0.2) is 34.6 Å². The molecule has 172 valence electrons. The minimum Gasteiger partial charge on any atom is -0.372 e. The van der Waals surface area contributed by atoms with Gasteiger partial charge >= 0.3 is 6.18 Å². The number of hydrogen-bond acceptors (Lipinski definition) is 4. The number of anilines is 1. The molecule has 1 aliphatic rings. The van der Waals surface area contributed by atoms with Gasteiger partial charge in [-0.2, -0.15) is 13.2 Å². The van der Waals surface area contributed by atoms with Crippen LogP contribution in [0.2, 0.25) is 0 Å². The van der Waals surface area contributed by atoms with E-state index in [1.165, 1.54) is 30.5 Å². The molecule has 1 saturated heterocycles. The van der Waals surface area contributed by atoms with Crippen molar-refractivity contribution in [1.29, 1.82) is 0 Å². The predicted octanol–water partition coefficient (Wildman–Crippen LogP) is 5.02. The molecule has 1 aromatic heterocycles. The van der Waals surface area contributed by atoms with Crippen molar-refractivity contribution in [3.63, 3.8) is 0 Å². The van der Waals surface area contributed by atoms with E-state index >= 15 is 0 Å². The van der Waals surface area contributed by atoms with Gasteiger partial charge in [0, 0.05) is 57.8 Å². The maximum absolute atomic E-state index is 12.6. The highest BCUT2D eigenvalue weighted by atomic mass is 127. The lowest BCUT2D eigenvalue weighted by Crippen LogP contribution is -2.39. The quantitative estimate of drug-likeness (QED) is 0.303. The molecule has 1 fully saturated rings. The van der Waals surface area contributed by atoms with Gasteiger partial charge in [-0.3, -0.25) is 4.99 Å². The lowest BCUT2D eigenvalue weighted by Gasteiger charge is -2.29. The molecule has 10 heteroatoms. The van der Waals surface area contributed by atoms with Crippen LogP contribution in [0.3, 0.4) is 0 Å². The highest BCUT2D eigenvalue weighted by Gasteiger charge is 2.33. The Hall–Kier alpha value is -1.56. The molecule has 0 atom stereocenters. The van der Waals surface area contributed by atoms with Crippen LogP contribution in [-0.2, 0) is 19.1 Å². The van der Waals surface area contributed by atoms with E-state index in [1.54, 1.807) is 7.05 Å². The minimum absolute atomic E-state index is 0. The first-order chi connectivity index (χ1) is 14.4. The molecule has 0 aliphatic carbocycles. The molecule has 5 nitrogen and oxygen atoms in total. The molecule has 31 heavy (non-hydrogen) atoms. The fourth-order valence-corrected chi connectivity index (χ4v) is 4.34. The summed E-state index contributed by atoms with van der Waals surface area (Å²) < 4.78 is 37.9. The van der Waals surface area contributed by atoms with E-state index < -0.39 is 11.9 Å². The Morgan fingerprint density at radius 2 is 1.87 bits per heavy atom. The second-order valence-corrected chi connectivity index (χ2v) is 8.36. The number of aromatic nitrogens is 1. The average Bonchev–Trinajstić information content (AvgIpc) is 3.22. The molecule has 1 aromatic carbocycles. The summed E-state index contributed by atoms with van der Waals surface area (Å²) in [6.45, 7) is 3.41. The fourth-order valence-electron chi connectivity index (χ4n) is 3.53. The van der Waals surface area contributed by atoms with Crippen molar-refractivity contribution in [2.24, 2.45) is 4.99 Å². The number of piperidine rings is 1. The van der Waals surface area contributed by atoms with Crippen LogP contribution < -0.4 is 10.2 Å². The number of alkyl halides is 3. The second-order valence-electron chi connectivity index (χ2n) is 7.42. The van der Waals surface area contributed by atoms with Gasteiger partial charge in [0.2, 0.25) is 0 Å². The number of benzene rings is 1. The summed E-state index contributed by atoms with van der Waals surface area (Å²) in [6.07, 6.45) is -0.145. The Balaban J connectivity index is 0.00000341. The Bertz CT molecular complexity index is 832. The largest absolute Gasteiger partial charge is 0.434 e. The van der Waals surface area contributed by atoms with Gasteiger partial charge in [0.25, 0.3) is 0 Å². The van der Waals surface area contributed by atoms with Crippen molar-refractivity contribution in [3.8, 4) is 0 Å². The standard InChI is InChI=1S/C21H28F3N5S.HI/c1-25-20(26-11-10-19-27-18(15-30-19)21(22,23)24)28(2)14-16-6-8-17(9-7-16)29-12-4-3-5-13-29;/h6-9,15H,3-5,10-14H2,1-2H3,(H,25,26);1H. The van der Waals surface area contributed by atoms with Gasteiger partial charge in [-0.15, -0.1) is 35.3 Å². The van der Waals surface area contributed by atoms with Crippen LogP contribution in [0.25, 0.3) is 0 Å². The van der Waals surface area contributed by atoms with Crippen LogP contribution in [0.5, 0.6) is 0 Å². The third-order valence-electron chi connectivity index (χ3n) is 5.11. The summed E-state index contributed by atoms with van der Waals surface area (Å²) in [6, 6.07) is 8.63. The zero-order chi connectivity index (χ0) is 21.6. The van der Waals surface area contributed by atoms with E-state index in [1.807, 2.05) is 11.9 Å². The third-order valence-corrected chi connectivity index (χ3v) is 6.02. The molecule has 1 aliphatic heterocycles. The summed E-state index contributed by atoms with van der Waals surface area (Å²) >= 11 is 1.03. The third kappa shape index (κ3) is 7.51. The number of guanidine groups is 1. The lowest BCUT2D eigenvalue weighted by atomic mass is 10.1. The Labute approximate surface area is 202 Å². The number of rotatable bonds is 6. The number of nitrogens with one attached hydrogen (secondary N) is 1. The van der Waals surface area contributed by atoms with Crippen LogP contribution in [0.1, 0.15) is 35.5 Å². The van der Waals surface area contributed by atoms with E-state index in [0.29, 0.717) is 30.5 Å². The number of hydrogen-bond donors (Lipinski definition) is 1. The van der Waals surface area contributed by atoms with E-state index in [2.05, 4.69) is 44.5 Å².